The summed E-state index contributed by atoms with van der Waals surface area (Å²) < 4.78 is 1.75. The molecular formula is C9H17N3O. The lowest BCUT2D eigenvalue weighted by atomic mass is 9.87. The molecular weight excluding hydrogens is 166 g/mol. The summed E-state index contributed by atoms with van der Waals surface area (Å²) in [5, 5.41) is 13.4. The number of nitrogens with two attached hydrogens (primary N) is 1. The van der Waals surface area contributed by atoms with Crippen LogP contribution in [0.2, 0.25) is 0 Å². The first-order chi connectivity index (χ1) is 6.09. The van der Waals surface area contributed by atoms with Crippen LogP contribution in [0.3, 0.4) is 0 Å². The van der Waals surface area contributed by atoms with E-state index in [2.05, 4.69) is 5.10 Å². The van der Waals surface area contributed by atoms with Crippen LogP contribution in [0.1, 0.15) is 12.6 Å². The molecule has 0 saturated heterocycles. The summed E-state index contributed by atoms with van der Waals surface area (Å²) >= 11 is 0. The highest BCUT2D eigenvalue weighted by Gasteiger charge is 2.22. The standard InChI is InChI=1S/C9H17N3O/c1-9(6-10,7-13)5-8-3-4-12(2)11-8/h3-4,13H,5-7,10H2,1-2H3. The van der Waals surface area contributed by atoms with Crippen molar-refractivity contribution in [3.63, 3.8) is 0 Å². The Labute approximate surface area is 78.4 Å². The second-order valence-electron chi connectivity index (χ2n) is 3.83. The first kappa shape index (κ1) is 10.2. The van der Waals surface area contributed by atoms with Crippen LogP contribution in [0.5, 0.6) is 0 Å². The van der Waals surface area contributed by atoms with E-state index in [9.17, 15) is 0 Å². The van der Waals surface area contributed by atoms with E-state index in [1.807, 2.05) is 26.2 Å². The molecule has 0 saturated carbocycles. The fourth-order valence-corrected chi connectivity index (χ4v) is 1.19. The zero-order valence-electron chi connectivity index (χ0n) is 8.20. The molecule has 1 rings (SSSR count). The molecule has 1 aromatic heterocycles. The summed E-state index contributed by atoms with van der Waals surface area (Å²) in [6.07, 6.45) is 2.62. The van der Waals surface area contributed by atoms with Crippen LogP contribution in [0, 0.1) is 5.41 Å². The van der Waals surface area contributed by atoms with Crippen LogP contribution < -0.4 is 5.73 Å². The lowest BCUT2D eigenvalue weighted by Gasteiger charge is -2.23. The summed E-state index contributed by atoms with van der Waals surface area (Å²) in [4.78, 5) is 0. The lowest BCUT2D eigenvalue weighted by molar-refractivity contribution is 0.148. The van der Waals surface area contributed by atoms with Gasteiger partial charge in [-0.1, -0.05) is 6.92 Å². The molecule has 0 aliphatic rings. The van der Waals surface area contributed by atoms with Gasteiger partial charge in [-0.25, -0.2) is 0 Å². The number of aliphatic hydroxyl groups excluding tert-OH is 1. The van der Waals surface area contributed by atoms with Crippen LogP contribution in [0.4, 0.5) is 0 Å². The van der Waals surface area contributed by atoms with Crippen molar-refractivity contribution in [1.29, 1.82) is 0 Å². The van der Waals surface area contributed by atoms with Gasteiger partial charge in [-0.3, -0.25) is 4.68 Å². The van der Waals surface area contributed by atoms with E-state index in [4.69, 9.17) is 10.8 Å². The molecule has 1 atom stereocenters. The summed E-state index contributed by atoms with van der Waals surface area (Å²) in [6, 6.07) is 1.95. The third-order valence-electron chi connectivity index (χ3n) is 2.25. The van der Waals surface area contributed by atoms with Gasteiger partial charge in [0.05, 0.1) is 12.3 Å². The molecule has 0 amide bonds. The van der Waals surface area contributed by atoms with Crippen LogP contribution in [-0.4, -0.2) is 28.0 Å². The van der Waals surface area contributed by atoms with E-state index < -0.39 is 0 Å². The minimum absolute atomic E-state index is 0.0973. The highest BCUT2D eigenvalue weighted by Crippen LogP contribution is 2.18. The van der Waals surface area contributed by atoms with Gasteiger partial charge in [-0.15, -0.1) is 0 Å². The van der Waals surface area contributed by atoms with Crippen molar-refractivity contribution < 1.29 is 5.11 Å². The summed E-state index contributed by atoms with van der Waals surface area (Å²) in [7, 11) is 1.88. The maximum atomic E-state index is 9.14. The first-order valence-electron chi connectivity index (χ1n) is 4.39. The predicted octanol–water partition coefficient (Wildman–Crippen LogP) is -0.0801. The molecule has 3 N–H and O–H groups in total. The molecule has 0 aliphatic heterocycles. The molecule has 0 bridgehead atoms. The van der Waals surface area contributed by atoms with Crippen molar-refractivity contribution in [3.05, 3.63) is 18.0 Å². The Morgan fingerprint density at radius 3 is 2.77 bits per heavy atom. The molecule has 1 aromatic rings. The molecule has 4 heteroatoms. The van der Waals surface area contributed by atoms with E-state index in [-0.39, 0.29) is 12.0 Å². The Bertz CT molecular complexity index is 266. The van der Waals surface area contributed by atoms with Crippen LogP contribution in [0.15, 0.2) is 12.3 Å². The van der Waals surface area contributed by atoms with E-state index in [0.29, 0.717) is 6.54 Å². The summed E-state index contributed by atoms with van der Waals surface area (Å²) in [6.45, 7) is 2.53. The number of rotatable bonds is 4. The molecule has 0 fully saturated rings. The predicted molar refractivity (Wildman–Crippen MR) is 51.2 cm³/mol. The Hall–Kier alpha value is -0.870. The monoisotopic (exact) mass is 183 g/mol. The van der Waals surface area contributed by atoms with E-state index in [0.717, 1.165) is 12.1 Å². The maximum Gasteiger partial charge on any atom is 0.0631 e. The Kier molecular flexibility index (Phi) is 3.06. The van der Waals surface area contributed by atoms with Crippen molar-refractivity contribution >= 4 is 0 Å². The fourth-order valence-electron chi connectivity index (χ4n) is 1.19. The maximum absolute atomic E-state index is 9.14. The third-order valence-corrected chi connectivity index (χ3v) is 2.25. The average molecular weight is 183 g/mol. The van der Waals surface area contributed by atoms with Gasteiger partial charge in [0.25, 0.3) is 0 Å². The van der Waals surface area contributed by atoms with Gasteiger partial charge in [-0.2, -0.15) is 5.10 Å². The number of aromatic nitrogens is 2. The van der Waals surface area contributed by atoms with Gasteiger partial charge in [-0.05, 0) is 6.07 Å². The number of aryl methyl sites for hydroxylation is 1. The lowest BCUT2D eigenvalue weighted by Crippen LogP contribution is -2.33. The highest BCUT2D eigenvalue weighted by molar-refractivity contribution is 5.02. The average Bonchev–Trinajstić information content (AvgIpc) is 2.51. The topological polar surface area (TPSA) is 64.1 Å². The Morgan fingerprint density at radius 2 is 2.38 bits per heavy atom. The summed E-state index contributed by atoms with van der Waals surface area (Å²) in [5.41, 5.74) is 6.31. The minimum Gasteiger partial charge on any atom is -0.396 e. The smallest absolute Gasteiger partial charge is 0.0631 e. The van der Waals surface area contributed by atoms with Crippen LogP contribution in [-0.2, 0) is 13.5 Å². The molecule has 0 aromatic carbocycles. The largest absolute Gasteiger partial charge is 0.396 e. The SMILES string of the molecule is Cn1ccc(CC(C)(CN)CO)n1. The third kappa shape index (κ3) is 2.54. The summed E-state index contributed by atoms with van der Waals surface area (Å²) in [5.74, 6) is 0. The number of hydrogen-bond donors (Lipinski definition) is 2. The van der Waals surface area contributed by atoms with Gasteiger partial charge in [0.2, 0.25) is 0 Å². The Balaban J connectivity index is 2.67. The van der Waals surface area contributed by atoms with Crippen LogP contribution >= 0.6 is 0 Å². The fraction of sp³-hybridized carbons (Fsp3) is 0.667. The molecule has 0 aliphatic carbocycles. The van der Waals surface area contributed by atoms with Crippen molar-refractivity contribution in [2.24, 2.45) is 18.2 Å². The van der Waals surface area contributed by atoms with E-state index in [1.54, 1.807) is 4.68 Å². The quantitative estimate of drug-likeness (QED) is 0.686. The van der Waals surface area contributed by atoms with Gasteiger partial charge >= 0.3 is 0 Å². The molecule has 0 spiro atoms. The number of nitrogens with zero attached hydrogens (tertiary/aromatic N) is 2. The van der Waals surface area contributed by atoms with E-state index in [1.165, 1.54) is 0 Å². The van der Waals surface area contributed by atoms with Crippen molar-refractivity contribution in [1.82, 2.24) is 9.78 Å². The molecule has 74 valence electrons. The molecule has 13 heavy (non-hydrogen) atoms. The second kappa shape index (κ2) is 3.89. The molecule has 4 nitrogen and oxygen atoms in total. The zero-order valence-corrected chi connectivity index (χ0v) is 8.20. The molecule has 0 radical (unpaired) electrons. The number of hydrogen-bond acceptors (Lipinski definition) is 3. The first-order valence-corrected chi connectivity index (χ1v) is 4.39. The van der Waals surface area contributed by atoms with Gasteiger partial charge in [0.1, 0.15) is 0 Å². The van der Waals surface area contributed by atoms with Crippen molar-refractivity contribution in [3.8, 4) is 0 Å². The van der Waals surface area contributed by atoms with E-state index >= 15 is 0 Å². The van der Waals surface area contributed by atoms with Crippen LogP contribution in [0.25, 0.3) is 0 Å². The zero-order chi connectivity index (χ0) is 9.90. The number of aliphatic hydroxyl groups is 1. The minimum atomic E-state index is -0.242. The Morgan fingerprint density at radius 1 is 1.69 bits per heavy atom. The van der Waals surface area contributed by atoms with Crippen molar-refractivity contribution in [2.75, 3.05) is 13.2 Å². The molecule has 1 heterocycles. The second-order valence-corrected chi connectivity index (χ2v) is 3.83. The van der Waals surface area contributed by atoms with Crippen molar-refractivity contribution in [2.45, 2.75) is 13.3 Å². The van der Waals surface area contributed by atoms with Gasteiger partial charge in [0, 0.05) is 31.6 Å². The van der Waals surface area contributed by atoms with Gasteiger partial charge in [0.15, 0.2) is 0 Å². The molecule has 1 unspecified atom stereocenters. The van der Waals surface area contributed by atoms with Gasteiger partial charge < -0.3 is 10.8 Å². The normalized spacial score (nSPS) is 15.7. The highest BCUT2D eigenvalue weighted by atomic mass is 16.3.